The summed E-state index contributed by atoms with van der Waals surface area (Å²) in [6.45, 7) is 4.25. The van der Waals surface area contributed by atoms with Crippen molar-refractivity contribution in [2.45, 2.75) is 58.8 Å². The smallest absolute Gasteiger partial charge is 0.240 e. The topological polar surface area (TPSA) is 41.5 Å². The second-order valence-electron chi connectivity index (χ2n) is 4.74. The van der Waals surface area contributed by atoms with Crippen LogP contribution in [0.2, 0.25) is 0 Å². The second-order valence-corrected chi connectivity index (χ2v) is 5.86. The Morgan fingerprint density at radius 1 is 1.32 bits per heavy atom. The molecule has 0 bridgehead atoms. The van der Waals surface area contributed by atoms with Gasteiger partial charge in [0.15, 0.2) is 0 Å². The van der Waals surface area contributed by atoms with Crippen LogP contribution in [-0.4, -0.2) is 12.1 Å². The van der Waals surface area contributed by atoms with Crippen LogP contribution in [0.3, 0.4) is 0 Å². The molecule has 3 nitrogen and oxygen atoms in total. The molecule has 1 amide bonds. The lowest BCUT2D eigenvalue weighted by molar-refractivity contribution is -0.121. The number of carbonyl (C=O) groups is 1. The lowest BCUT2D eigenvalue weighted by Gasteiger charge is -2.00. The molecule has 0 spiro atoms. The summed E-state index contributed by atoms with van der Waals surface area (Å²) in [6.07, 6.45) is 9.47. The Morgan fingerprint density at radius 3 is 2.74 bits per heavy atom. The van der Waals surface area contributed by atoms with E-state index in [1.165, 1.54) is 30.6 Å². The lowest BCUT2D eigenvalue weighted by atomic mass is 10.1. The summed E-state index contributed by atoms with van der Waals surface area (Å²) in [5, 5.41) is 6.01. The second kappa shape index (κ2) is 9.73. The third kappa shape index (κ3) is 7.11. The zero-order chi connectivity index (χ0) is 13.9. The van der Waals surface area contributed by atoms with Gasteiger partial charge in [0.25, 0.3) is 0 Å². The number of rotatable bonds is 9. The van der Waals surface area contributed by atoms with Crippen molar-refractivity contribution in [3.05, 3.63) is 21.9 Å². The average Bonchev–Trinajstić information content (AvgIpc) is 2.79. The van der Waals surface area contributed by atoms with E-state index in [1.54, 1.807) is 17.6 Å². The molecule has 106 valence electrons. The molecular formula is C15H24N2OS. The number of thiophene rings is 1. The highest BCUT2D eigenvalue weighted by Crippen LogP contribution is 2.12. The number of carbonyl (C=O) groups excluding carboxylic acids is 1. The fourth-order valence-corrected chi connectivity index (χ4v) is 2.50. The van der Waals surface area contributed by atoms with Gasteiger partial charge in [-0.05, 0) is 24.8 Å². The summed E-state index contributed by atoms with van der Waals surface area (Å²) < 4.78 is 0. The van der Waals surface area contributed by atoms with E-state index in [0.717, 1.165) is 18.4 Å². The molecule has 0 aliphatic heterocycles. The molecule has 0 radical (unpaired) electrons. The van der Waals surface area contributed by atoms with Crippen LogP contribution >= 0.6 is 11.3 Å². The quantitative estimate of drug-likeness (QED) is 0.410. The van der Waals surface area contributed by atoms with Crippen LogP contribution in [0.5, 0.6) is 0 Å². The summed E-state index contributed by atoms with van der Waals surface area (Å²) in [4.78, 5) is 12.7. The van der Waals surface area contributed by atoms with Gasteiger partial charge in [-0.1, -0.05) is 39.0 Å². The van der Waals surface area contributed by atoms with Gasteiger partial charge in [-0.3, -0.25) is 4.79 Å². The summed E-state index contributed by atoms with van der Waals surface area (Å²) in [5.41, 5.74) is 3.66. The molecule has 1 N–H and O–H groups in total. The Morgan fingerprint density at radius 2 is 2.05 bits per heavy atom. The molecule has 1 aromatic rings. The minimum atomic E-state index is 0.0135. The minimum absolute atomic E-state index is 0.0135. The zero-order valence-electron chi connectivity index (χ0n) is 11.9. The van der Waals surface area contributed by atoms with Gasteiger partial charge in [-0.15, -0.1) is 11.3 Å². The van der Waals surface area contributed by atoms with E-state index in [2.05, 4.69) is 17.5 Å². The van der Waals surface area contributed by atoms with Crippen molar-refractivity contribution in [3.8, 4) is 0 Å². The predicted molar refractivity (Wildman–Crippen MR) is 82.8 cm³/mol. The molecule has 1 heterocycles. The Hall–Kier alpha value is -1.16. The molecule has 0 unspecified atom stereocenters. The number of nitrogens with one attached hydrogen (secondary N) is 1. The summed E-state index contributed by atoms with van der Waals surface area (Å²) in [6, 6.07) is 2.00. The van der Waals surface area contributed by atoms with Crippen molar-refractivity contribution in [2.75, 3.05) is 0 Å². The van der Waals surface area contributed by atoms with E-state index >= 15 is 0 Å². The van der Waals surface area contributed by atoms with Gasteiger partial charge < -0.3 is 0 Å². The van der Waals surface area contributed by atoms with Gasteiger partial charge in [0.05, 0.1) is 6.21 Å². The zero-order valence-corrected chi connectivity index (χ0v) is 12.8. The highest BCUT2D eigenvalue weighted by Gasteiger charge is 1.99. The maximum absolute atomic E-state index is 11.5. The fourth-order valence-electron chi connectivity index (χ4n) is 1.82. The first-order valence-corrected chi connectivity index (χ1v) is 7.98. The molecule has 19 heavy (non-hydrogen) atoms. The normalized spacial score (nSPS) is 11.1. The first kappa shape index (κ1) is 15.9. The number of hydrogen-bond acceptors (Lipinski definition) is 3. The SMILES string of the molecule is CCCCCCCCC(=O)N/N=C\c1ccsc1C. The van der Waals surface area contributed by atoms with Crippen LogP contribution in [0, 0.1) is 6.92 Å². The molecular weight excluding hydrogens is 256 g/mol. The average molecular weight is 280 g/mol. The first-order chi connectivity index (χ1) is 9.24. The number of hydrazone groups is 1. The molecule has 0 aromatic carbocycles. The van der Waals surface area contributed by atoms with Crippen molar-refractivity contribution in [1.29, 1.82) is 0 Å². The maximum Gasteiger partial charge on any atom is 0.240 e. The van der Waals surface area contributed by atoms with Crippen LogP contribution in [0.4, 0.5) is 0 Å². The van der Waals surface area contributed by atoms with E-state index in [9.17, 15) is 4.79 Å². The third-order valence-corrected chi connectivity index (χ3v) is 3.91. The number of hydrogen-bond donors (Lipinski definition) is 1. The van der Waals surface area contributed by atoms with Crippen molar-refractivity contribution in [1.82, 2.24) is 5.43 Å². The lowest BCUT2D eigenvalue weighted by Crippen LogP contribution is -2.16. The first-order valence-electron chi connectivity index (χ1n) is 7.10. The molecule has 0 aliphatic rings. The van der Waals surface area contributed by atoms with E-state index in [1.807, 2.05) is 18.4 Å². The summed E-state index contributed by atoms with van der Waals surface area (Å²) in [7, 11) is 0. The Labute approximate surface area is 120 Å². The van der Waals surface area contributed by atoms with Gasteiger partial charge in [-0.2, -0.15) is 5.10 Å². The van der Waals surface area contributed by atoms with Gasteiger partial charge >= 0.3 is 0 Å². The fraction of sp³-hybridized carbons (Fsp3) is 0.600. The van der Waals surface area contributed by atoms with Crippen LogP contribution in [0.15, 0.2) is 16.5 Å². The Bertz CT molecular complexity index is 399. The minimum Gasteiger partial charge on any atom is -0.273 e. The van der Waals surface area contributed by atoms with E-state index in [4.69, 9.17) is 0 Å². The van der Waals surface area contributed by atoms with Crippen LogP contribution in [-0.2, 0) is 4.79 Å². The summed E-state index contributed by atoms with van der Waals surface area (Å²) in [5.74, 6) is 0.0135. The molecule has 4 heteroatoms. The van der Waals surface area contributed by atoms with E-state index < -0.39 is 0 Å². The highest BCUT2D eigenvalue weighted by molar-refractivity contribution is 7.10. The Balaban J connectivity index is 2.08. The third-order valence-electron chi connectivity index (χ3n) is 3.05. The molecule has 0 aliphatic carbocycles. The predicted octanol–water partition coefficient (Wildman–Crippen LogP) is 4.26. The van der Waals surface area contributed by atoms with Gasteiger partial charge in [-0.25, -0.2) is 5.43 Å². The molecule has 1 rings (SSSR count). The summed E-state index contributed by atoms with van der Waals surface area (Å²) >= 11 is 1.68. The van der Waals surface area contributed by atoms with Gasteiger partial charge in [0.2, 0.25) is 5.91 Å². The standard InChI is InChI=1S/C15H24N2OS/c1-3-4-5-6-7-8-9-15(18)17-16-12-14-10-11-19-13(14)2/h10-12H,3-9H2,1-2H3,(H,17,18)/b16-12-. The molecule has 0 saturated carbocycles. The van der Waals surface area contributed by atoms with Crippen LogP contribution in [0.25, 0.3) is 0 Å². The van der Waals surface area contributed by atoms with E-state index in [-0.39, 0.29) is 5.91 Å². The maximum atomic E-state index is 11.5. The number of nitrogens with zero attached hydrogens (tertiary/aromatic N) is 1. The van der Waals surface area contributed by atoms with Crippen molar-refractivity contribution in [2.24, 2.45) is 5.10 Å². The van der Waals surface area contributed by atoms with Gasteiger partial charge in [0.1, 0.15) is 0 Å². The number of unbranched alkanes of at least 4 members (excludes halogenated alkanes) is 5. The van der Waals surface area contributed by atoms with Crippen molar-refractivity contribution < 1.29 is 4.79 Å². The molecule has 0 saturated heterocycles. The van der Waals surface area contributed by atoms with Crippen molar-refractivity contribution >= 4 is 23.5 Å². The van der Waals surface area contributed by atoms with Gasteiger partial charge in [0, 0.05) is 16.9 Å². The van der Waals surface area contributed by atoms with Crippen LogP contribution < -0.4 is 5.43 Å². The van der Waals surface area contributed by atoms with Crippen LogP contribution in [0.1, 0.15) is 62.3 Å². The van der Waals surface area contributed by atoms with E-state index in [0.29, 0.717) is 6.42 Å². The molecule has 0 fully saturated rings. The molecule has 0 atom stereocenters. The number of aryl methyl sites for hydroxylation is 1. The van der Waals surface area contributed by atoms with Crippen molar-refractivity contribution in [3.63, 3.8) is 0 Å². The largest absolute Gasteiger partial charge is 0.273 e. The monoisotopic (exact) mass is 280 g/mol. The molecule has 1 aromatic heterocycles. The number of amides is 1. The Kier molecular flexibility index (Phi) is 8.14. The highest BCUT2D eigenvalue weighted by atomic mass is 32.1.